The van der Waals surface area contributed by atoms with Crippen LogP contribution in [0.25, 0.3) is 5.82 Å². The maximum atomic E-state index is 13.2. The first kappa shape index (κ1) is 25.8. The van der Waals surface area contributed by atoms with E-state index in [1.807, 2.05) is 30.3 Å². The number of carbonyl (C=O) groups excluding carboxylic acids is 1. The molecule has 0 radical (unpaired) electrons. The molecule has 1 aliphatic rings. The molecule has 1 amide bonds. The number of benzene rings is 2. The van der Waals surface area contributed by atoms with Crippen LogP contribution in [0, 0.1) is 0 Å². The van der Waals surface area contributed by atoms with Crippen molar-refractivity contribution in [2.75, 3.05) is 39.1 Å². The van der Waals surface area contributed by atoms with Gasteiger partial charge in [-0.25, -0.2) is 10.1 Å². The van der Waals surface area contributed by atoms with Gasteiger partial charge < -0.3 is 19.9 Å². The Morgan fingerprint density at radius 3 is 2.72 bits per heavy atom. The minimum atomic E-state index is -0.564. The van der Waals surface area contributed by atoms with Crippen LogP contribution in [0.1, 0.15) is 27.3 Å². The highest BCUT2D eigenvalue weighted by Gasteiger charge is 2.26. The first-order chi connectivity index (χ1) is 19.1. The van der Waals surface area contributed by atoms with E-state index >= 15 is 0 Å². The van der Waals surface area contributed by atoms with Crippen LogP contribution >= 0.6 is 0 Å². The van der Waals surface area contributed by atoms with Gasteiger partial charge in [0.05, 0.1) is 32.2 Å². The molecule has 0 bridgehead atoms. The summed E-state index contributed by atoms with van der Waals surface area (Å²) in [5.74, 6) is 0.634. The first-order valence-corrected chi connectivity index (χ1v) is 12.1. The zero-order chi connectivity index (χ0) is 27.0. The van der Waals surface area contributed by atoms with E-state index in [0.717, 1.165) is 5.56 Å². The van der Waals surface area contributed by atoms with Gasteiger partial charge in [0.2, 0.25) is 11.6 Å². The number of amides is 1. The Labute approximate surface area is 223 Å². The van der Waals surface area contributed by atoms with Gasteiger partial charge in [0.25, 0.3) is 5.91 Å². The molecule has 14 heteroatoms. The summed E-state index contributed by atoms with van der Waals surface area (Å²) in [5, 5.41) is 19.7. The highest BCUT2D eigenvalue weighted by Crippen LogP contribution is 2.31. The lowest BCUT2D eigenvalue weighted by Gasteiger charge is -2.26. The molecule has 0 spiro atoms. The summed E-state index contributed by atoms with van der Waals surface area (Å²) in [7, 11) is 1.56. The number of hydrogen-bond acceptors (Lipinski definition) is 12. The molecule has 39 heavy (non-hydrogen) atoms. The van der Waals surface area contributed by atoms with E-state index in [0.29, 0.717) is 62.2 Å². The van der Waals surface area contributed by atoms with Gasteiger partial charge in [0.15, 0.2) is 17.2 Å². The van der Waals surface area contributed by atoms with E-state index < -0.39 is 5.91 Å². The van der Waals surface area contributed by atoms with Crippen LogP contribution in [0.4, 0.5) is 5.82 Å². The number of para-hydroxylation sites is 1. The third-order valence-corrected chi connectivity index (χ3v) is 5.98. The van der Waals surface area contributed by atoms with Crippen molar-refractivity contribution in [2.45, 2.75) is 13.2 Å². The molecule has 3 heterocycles. The molecule has 2 aromatic heterocycles. The smallest absolute Gasteiger partial charge is 0.293 e. The quantitative estimate of drug-likeness (QED) is 0.223. The van der Waals surface area contributed by atoms with Crippen LogP contribution in [0.3, 0.4) is 0 Å². The van der Waals surface area contributed by atoms with Gasteiger partial charge in [-0.1, -0.05) is 41.6 Å². The number of ether oxygens (including phenoxy) is 3. The number of aromatic nitrogens is 5. The fourth-order valence-corrected chi connectivity index (χ4v) is 3.99. The van der Waals surface area contributed by atoms with Crippen molar-refractivity contribution in [3.05, 3.63) is 71.0 Å². The summed E-state index contributed by atoms with van der Waals surface area (Å²) in [4.78, 5) is 15.3. The molecule has 0 aliphatic carbocycles. The fourth-order valence-electron chi connectivity index (χ4n) is 3.99. The van der Waals surface area contributed by atoms with Gasteiger partial charge in [-0.15, -0.1) is 5.10 Å². The number of morpholine rings is 1. The standard InChI is InChI=1S/C25H27N9O5/c1-36-20-9-5-8-18(22(20)38-16-17-6-3-2-4-7-17)14-27-29-25(35)21-19(15-33-10-12-37-13-11-33)34(32-28-21)24-23(26)30-39-31-24/h2-9,14H,10-13,15-16H2,1H3,(H2,26,30)(H,29,35)/b27-14+. The van der Waals surface area contributed by atoms with E-state index in [1.165, 1.54) is 10.9 Å². The van der Waals surface area contributed by atoms with Gasteiger partial charge in [-0.2, -0.15) is 9.78 Å². The number of hydrazone groups is 1. The molecular formula is C25H27N9O5. The molecule has 202 valence electrons. The zero-order valence-electron chi connectivity index (χ0n) is 21.2. The summed E-state index contributed by atoms with van der Waals surface area (Å²) in [6.45, 7) is 3.20. The molecule has 2 aromatic carbocycles. The third-order valence-electron chi connectivity index (χ3n) is 5.98. The average molecular weight is 534 g/mol. The Kier molecular flexibility index (Phi) is 8.04. The predicted molar refractivity (Wildman–Crippen MR) is 139 cm³/mol. The van der Waals surface area contributed by atoms with Gasteiger partial charge in [-0.05, 0) is 28.0 Å². The molecule has 1 saturated heterocycles. The van der Waals surface area contributed by atoms with Gasteiger partial charge in [-0.3, -0.25) is 9.69 Å². The van der Waals surface area contributed by atoms with Gasteiger partial charge in [0, 0.05) is 25.2 Å². The molecule has 4 aromatic rings. The van der Waals surface area contributed by atoms with Crippen LogP contribution < -0.4 is 20.6 Å². The first-order valence-electron chi connectivity index (χ1n) is 12.1. The summed E-state index contributed by atoms with van der Waals surface area (Å²) in [5.41, 5.74) is 10.5. The molecule has 5 rings (SSSR count). The number of carbonyl (C=O) groups is 1. The van der Waals surface area contributed by atoms with Crippen molar-refractivity contribution in [3.8, 4) is 17.3 Å². The lowest BCUT2D eigenvalue weighted by atomic mass is 10.2. The molecule has 0 atom stereocenters. The topological polar surface area (TPSA) is 168 Å². The van der Waals surface area contributed by atoms with Crippen LogP contribution in [0.15, 0.2) is 58.3 Å². The Hall–Kier alpha value is -4.82. The normalized spacial score (nSPS) is 14.0. The van der Waals surface area contributed by atoms with Crippen molar-refractivity contribution in [2.24, 2.45) is 5.10 Å². The number of nitrogens with two attached hydrogens (primary N) is 1. The predicted octanol–water partition coefficient (Wildman–Crippen LogP) is 1.42. The third kappa shape index (κ3) is 6.02. The number of nitrogen functional groups attached to an aromatic ring is 1. The maximum absolute atomic E-state index is 13.2. The van der Waals surface area contributed by atoms with Crippen molar-refractivity contribution < 1.29 is 23.6 Å². The minimum absolute atomic E-state index is 0.0224. The second kappa shape index (κ2) is 12.1. The summed E-state index contributed by atoms with van der Waals surface area (Å²) >= 11 is 0. The Morgan fingerprint density at radius 2 is 1.97 bits per heavy atom. The highest BCUT2D eigenvalue weighted by atomic mass is 16.6. The van der Waals surface area contributed by atoms with Crippen LogP contribution in [0.2, 0.25) is 0 Å². The van der Waals surface area contributed by atoms with E-state index in [4.69, 9.17) is 24.6 Å². The summed E-state index contributed by atoms with van der Waals surface area (Å²) in [6, 6.07) is 15.2. The largest absolute Gasteiger partial charge is 0.493 e. The van der Waals surface area contributed by atoms with E-state index in [9.17, 15) is 4.79 Å². The number of nitrogens with one attached hydrogen (secondary N) is 1. The van der Waals surface area contributed by atoms with E-state index in [-0.39, 0.29) is 17.3 Å². The molecular weight excluding hydrogens is 506 g/mol. The summed E-state index contributed by atoms with van der Waals surface area (Å²) < 4.78 is 23.0. The van der Waals surface area contributed by atoms with E-state index in [1.54, 1.807) is 25.3 Å². The molecule has 0 saturated carbocycles. The van der Waals surface area contributed by atoms with Gasteiger partial charge >= 0.3 is 0 Å². The van der Waals surface area contributed by atoms with Crippen molar-refractivity contribution >= 4 is 17.9 Å². The molecule has 3 N–H and O–H groups in total. The van der Waals surface area contributed by atoms with E-state index in [2.05, 4.69) is 36.1 Å². The second-order valence-corrected chi connectivity index (χ2v) is 8.51. The molecule has 1 aliphatic heterocycles. The lowest BCUT2D eigenvalue weighted by Crippen LogP contribution is -2.37. The second-order valence-electron chi connectivity index (χ2n) is 8.51. The number of hydrogen-bond donors (Lipinski definition) is 2. The Balaban J connectivity index is 1.35. The van der Waals surface area contributed by atoms with Crippen molar-refractivity contribution in [3.63, 3.8) is 0 Å². The Bertz CT molecular complexity index is 1430. The average Bonchev–Trinajstić information content (AvgIpc) is 3.58. The lowest BCUT2D eigenvalue weighted by molar-refractivity contribution is 0.0332. The summed E-state index contributed by atoms with van der Waals surface area (Å²) in [6.07, 6.45) is 1.48. The molecule has 14 nitrogen and oxygen atoms in total. The number of methoxy groups -OCH3 is 1. The molecule has 1 fully saturated rings. The number of anilines is 1. The van der Waals surface area contributed by atoms with Crippen LogP contribution in [-0.2, 0) is 17.9 Å². The minimum Gasteiger partial charge on any atom is -0.493 e. The number of rotatable bonds is 10. The maximum Gasteiger partial charge on any atom is 0.293 e. The van der Waals surface area contributed by atoms with Crippen LogP contribution in [-0.4, -0.2) is 75.7 Å². The fraction of sp³-hybridized carbons (Fsp3) is 0.280. The van der Waals surface area contributed by atoms with Gasteiger partial charge in [0.1, 0.15) is 6.61 Å². The zero-order valence-corrected chi connectivity index (χ0v) is 21.2. The van der Waals surface area contributed by atoms with Crippen LogP contribution in [0.5, 0.6) is 11.5 Å². The number of nitrogens with zero attached hydrogens (tertiary/aromatic N) is 7. The van der Waals surface area contributed by atoms with Crippen molar-refractivity contribution in [1.29, 1.82) is 0 Å². The highest BCUT2D eigenvalue weighted by molar-refractivity contribution is 5.94. The Morgan fingerprint density at radius 1 is 1.15 bits per heavy atom. The van der Waals surface area contributed by atoms with Crippen molar-refractivity contribution in [1.82, 2.24) is 35.6 Å². The molecule has 0 unspecified atom stereocenters. The monoisotopic (exact) mass is 533 g/mol. The SMILES string of the molecule is COc1cccc(/C=N/NC(=O)c2nnn(-c3nonc3N)c2CN2CCOCC2)c1OCc1ccccc1.